The van der Waals surface area contributed by atoms with Crippen molar-refractivity contribution < 1.29 is 0 Å². The number of fused-ring (bicyclic) bond motifs is 1. The average molecular weight is 252 g/mol. The van der Waals surface area contributed by atoms with Gasteiger partial charge < -0.3 is 5.73 Å². The third kappa shape index (κ3) is 2.10. The van der Waals surface area contributed by atoms with E-state index < -0.39 is 0 Å². The average Bonchev–Trinajstić information content (AvgIpc) is 2.38. The molecule has 4 heteroatoms. The van der Waals surface area contributed by atoms with E-state index in [1.54, 1.807) is 0 Å². The molecule has 0 fully saturated rings. The van der Waals surface area contributed by atoms with E-state index >= 15 is 0 Å². The van der Waals surface area contributed by atoms with Gasteiger partial charge in [0, 0.05) is 0 Å². The van der Waals surface area contributed by atoms with Crippen LogP contribution in [0.15, 0.2) is 35.9 Å². The van der Waals surface area contributed by atoms with Gasteiger partial charge in [-0.2, -0.15) is 0 Å². The quantitative estimate of drug-likeness (QED) is 0.847. The molecule has 0 amide bonds. The standard InChI is InChI=1S/C15H16N4/c1-9-4-3-5-10(2)14(9)11-6-7-12-13(8-11)18-19-15(16)17-12/h3-4,6-8,10H,5H2,1-2H3,(H2,16,17,19). The van der Waals surface area contributed by atoms with E-state index in [4.69, 9.17) is 5.73 Å². The molecule has 0 saturated heterocycles. The number of benzene rings is 1. The Bertz CT molecular complexity index is 700. The minimum absolute atomic E-state index is 0.213. The molecule has 1 heterocycles. The number of aromatic nitrogens is 3. The summed E-state index contributed by atoms with van der Waals surface area (Å²) in [6.07, 6.45) is 5.50. The van der Waals surface area contributed by atoms with Gasteiger partial charge in [-0.15, -0.1) is 10.2 Å². The van der Waals surface area contributed by atoms with Crippen molar-refractivity contribution >= 4 is 22.6 Å². The Morgan fingerprint density at radius 2 is 2.05 bits per heavy atom. The van der Waals surface area contributed by atoms with Crippen LogP contribution < -0.4 is 5.73 Å². The van der Waals surface area contributed by atoms with Crippen molar-refractivity contribution in [1.82, 2.24) is 15.2 Å². The highest BCUT2D eigenvalue weighted by atomic mass is 15.2. The predicted molar refractivity (Wildman–Crippen MR) is 77.3 cm³/mol. The van der Waals surface area contributed by atoms with Crippen LogP contribution in [0, 0.1) is 5.92 Å². The van der Waals surface area contributed by atoms with Crippen molar-refractivity contribution in [3.05, 3.63) is 41.5 Å². The van der Waals surface area contributed by atoms with Gasteiger partial charge in [-0.1, -0.05) is 25.1 Å². The molecule has 96 valence electrons. The number of hydrogen-bond donors (Lipinski definition) is 1. The second-order valence-electron chi connectivity index (χ2n) is 5.01. The molecule has 0 spiro atoms. The lowest BCUT2D eigenvalue weighted by atomic mass is 9.84. The first-order valence-corrected chi connectivity index (χ1v) is 6.43. The molecule has 1 aliphatic rings. The smallest absolute Gasteiger partial charge is 0.240 e. The Hall–Kier alpha value is -2.23. The maximum Gasteiger partial charge on any atom is 0.240 e. The fraction of sp³-hybridized carbons (Fsp3) is 0.267. The van der Waals surface area contributed by atoms with Crippen molar-refractivity contribution in [3.63, 3.8) is 0 Å². The van der Waals surface area contributed by atoms with Crippen molar-refractivity contribution in [2.45, 2.75) is 20.3 Å². The summed E-state index contributed by atoms with van der Waals surface area (Å²) in [6.45, 7) is 4.40. The Morgan fingerprint density at radius 1 is 1.21 bits per heavy atom. The van der Waals surface area contributed by atoms with E-state index in [9.17, 15) is 0 Å². The SMILES string of the molecule is CC1=C(c2ccc3nc(N)nnc3c2)C(C)CC=C1. The normalized spacial score (nSPS) is 19.2. The lowest BCUT2D eigenvalue weighted by Crippen LogP contribution is -2.04. The Labute approximate surface area is 112 Å². The topological polar surface area (TPSA) is 64.7 Å². The fourth-order valence-corrected chi connectivity index (χ4v) is 2.67. The fourth-order valence-electron chi connectivity index (χ4n) is 2.67. The van der Waals surface area contributed by atoms with Crippen molar-refractivity contribution in [2.24, 2.45) is 5.92 Å². The zero-order valence-electron chi connectivity index (χ0n) is 11.1. The highest BCUT2D eigenvalue weighted by Gasteiger charge is 2.16. The highest BCUT2D eigenvalue weighted by Crippen LogP contribution is 2.34. The van der Waals surface area contributed by atoms with Gasteiger partial charge in [0.1, 0.15) is 5.52 Å². The molecule has 0 aliphatic heterocycles. The van der Waals surface area contributed by atoms with Crippen LogP contribution in [0.1, 0.15) is 25.8 Å². The summed E-state index contributed by atoms with van der Waals surface area (Å²) >= 11 is 0. The summed E-state index contributed by atoms with van der Waals surface area (Å²) in [7, 11) is 0. The van der Waals surface area contributed by atoms with Crippen molar-refractivity contribution in [3.8, 4) is 0 Å². The van der Waals surface area contributed by atoms with Crippen LogP contribution in [0.25, 0.3) is 16.6 Å². The number of nitrogens with zero attached hydrogens (tertiary/aromatic N) is 3. The number of nitrogen functional groups attached to an aromatic ring is 1. The largest absolute Gasteiger partial charge is 0.366 e. The summed E-state index contributed by atoms with van der Waals surface area (Å²) < 4.78 is 0. The van der Waals surface area contributed by atoms with Gasteiger partial charge in [0.2, 0.25) is 5.95 Å². The summed E-state index contributed by atoms with van der Waals surface area (Å²) in [5.41, 5.74) is 11.0. The van der Waals surface area contributed by atoms with Gasteiger partial charge in [0.15, 0.2) is 0 Å². The zero-order chi connectivity index (χ0) is 13.4. The van der Waals surface area contributed by atoms with Crippen LogP contribution in [0.5, 0.6) is 0 Å². The molecule has 0 radical (unpaired) electrons. The molecule has 0 saturated carbocycles. The predicted octanol–water partition coefficient (Wildman–Crippen LogP) is 2.98. The number of rotatable bonds is 1. The first-order chi connectivity index (χ1) is 9.15. The van der Waals surface area contributed by atoms with Crippen LogP contribution in [0.4, 0.5) is 5.95 Å². The van der Waals surface area contributed by atoms with Gasteiger partial charge in [-0.3, -0.25) is 0 Å². The van der Waals surface area contributed by atoms with E-state index in [0.29, 0.717) is 5.92 Å². The maximum atomic E-state index is 5.55. The molecule has 2 aromatic rings. The Morgan fingerprint density at radius 3 is 2.84 bits per heavy atom. The first kappa shape index (κ1) is 11.8. The molecule has 4 nitrogen and oxygen atoms in total. The molecule has 1 aromatic carbocycles. The van der Waals surface area contributed by atoms with Crippen LogP contribution in [0.2, 0.25) is 0 Å². The molecular formula is C15H16N4. The second kappa shape index (κ2) is 4.46. The number of nitrogens with two attached hydrogens (primary N) is 1. The number of anilines is 1. The van der Waals surface area contributed by atoms with Gasteiger partial charge in [-0.05, 0) is 48.1 Å². The van der Waals surface area contributed by atoms with Crippen LogP contribution in [-0.4, -0.2) is 15.2 Å². The third-order valence-corrected chi connectivity index (χ3v) is 3.56. The van der Waals surface area contributed by atoms with Crippen molar-refractivity contribution in [2.75, 3.05) is 5.73 Å². The van der Waals surface area contributed by atoms with E-state index in [-0.39, 0.29) is 5.95 Å². The lowest BCUT2D eigenvalue weighted by Gasteiger charge is -2.21. The van der Waals surface area contributed by atoms with Gasteiger partial charge in [0.05, 0.1) is 5.52 Å². The summed E-state index contributed by atoms with van der Waals surface area (Å²) in [4.78, 5) is 4.17. The van der Waals surface area contributed by atoms with E-state index in [1.165, 1.54) is 16.7 Å². The van der Waals surface area contributed by atoms with Crippen LogP contribution in [0.3, 0.4) is 0 Å². The zero-order valence-corrected chi connectivity index (χ0v) is 11.1. The molecule has 1 atom stereocenters. The van der Waals surface area contributed by atoms with Crippen LogP contribution in [-0.2, 0) is 0 Å². The maximum absolute atomic E-state index is 5.55. The molecule has 3 rings (SSSR count). The molecule has 1 aromatic heterocycles. The van der Waals surface area contributed by atoms with Gasteiger partial charge >= 0.3 is 0 Å². The molecular weight excluding hydrogens is 236 g/mol. The van der Waals surface area contributed by atoms with E-state index in [2.05, 4.69) is 47.2 Å². The van der Waals surface area contributed by atoms with Crippen LogP contribution >= 0.6 is 0 Å². The summed E-state index contributed by atoms with van der Waals surface area (Å²) in [5, 5.41) is 7.93. The Balaban J connectivity index is 2.16. The molecule has 2 N–H and O–H groups in total. The molecule has 19 heavy (non-hydrogen) atoms. The summed E-state index contributed by atoms with van der Waals surface area (Å²) in [5.74, 6) is 0.738. The first-order valence-electron chi connectivity index (χ1n) is 6.43. The lowest BCUT2D eigenvalue weighted by molar-refractivity contribution is 0.752. The Kier molecular flexibility index (Phi) is 2.78. The minimum atomic E-state index is 0.213. The van der Waals surface area contributed by atoms with Gasteiger partial charge in [-0.25, -0.2) is 4.98 Å². The number of hydrogen-bond acceptors (Lipinski definition) is 4. The molecule has 1 aliphatic carbocycles. The minimum Gasteiger partial charge on any atom is -0.366 e. The van der Waals surface area contributed by atoms with E-state index in [0.717, 1.165) is 17.5 Å². The summed E-state index contributed by atoms with van der Waals surface area (Å²) in [6, 6.07) is 6.09. The number of allylic oxidation sites excluding steroid dienone is 4. The monoisotopic (exact) mass is 252 g/mol. The van der Waals surface area contributed by atoms with Gasteiger partial charge in [0.25, 0.3) is 0 Å². The third-order valence-electron chi connectivity index (χ3n) is 3.56. The molecule has 1 unspecified atom stereocenters. The molecule has 0 bridgehead atoms. The van der Waals surface area contributed by atoms with E-state index in [1.807, 2.05) is 12.1 Å². The highest BCUT2D eigenvalue weighted by molar-refractivity contribution is 5.82. The second-order valence-corrected chi connectivity index (χ2v) is 5.01. The van der Waals surface area contributed by atoms with Crippen molar-refractivity contribution in [1.29, 1.82) is 0 Å².